The SMILES string of the molecule is NC(=O)c1nccnc1NCC1(C(=O)O)CCOCC1. The van der Waals surface area contributed by atoms with Crippen LogP contribution in [0.25, 0.3) is 0 Å². The molecule has 0 saturated carbocycles. The van der Waals surface area contributed by atoms with E-state index in [0.717, 1.165) is 0 Å². The summed E-state index contributed by atoms with van der Waals surface area (Å²) in [6.45, 7) is 0.943. The number of primary amides is 1. The second-order valence-electron chi connectivity index (χ2n) is 4.67. The van der Waals surface area contributed by atoms with Crippen LogP contribution in [0.15, 0.2) is 12.4 Å². The quantitative estimate of drug-likeness (QED) is 0.685. The van der Waals surface area contributed by atoms with Crippen molar-refractivity contribution in [2.45, 2.75) is 12.8 Å². The van der Waals surface area contributed by atoms with Crippen LogP contribution in [-0.2, 0) is 9.53 Å². The normalized spacial score (nSPS) is 17.4. The number of aromatic nitrogens is 2. The standard InChI is InChI=1S/C12H16N4O4/c13-9(17)8-10(15-4-3-14-8)16-7-12(11(18)19)1-5-20-6-2-12/h3-4H,1-2,5-7H2,(H2,13,17)(H,15,16)(H,18,19). The number of carbonyl (C=O) groups excluding carboxylic acids is 1. The number of nitrogens with zero attached hydrogens (tertiary/aromatic N) is 2. The van der Waals surface area contributed by atoms with Gasteiger partial charge in [-0.15, -0.1) is 0 Å². The van der Waals surface area contributed by atoms with Gasteiger partial charge >= 0.3 is 5.97 Å². The Hall–Kier alpha value is -2.22. The van der Waals surface area contributed by atoms with Gasteiger partial charge in [0.25, 0.3) is 5.91 Å². The van der Waals surface area contributed by atoms with Gasteiger partial charge < -0.3 is 20.9 Å². The lowest BCUT2D eigenvalue weighted by molar-refractivity contribution is -0.153. The van der Waals surface area contributed by atoms with Crippen LogP contribution in [0.2, 0.25) is 0 Å². The molecule has 0 aliphatic carbocycles. The fourth-order valence-electron chi connectivity index (χ4n) is 2.13. The predicted octanol–water partition coefficient (Wildman–Crippen LogP) is -0.131. The van der Waals surface area contributed by atoms with Gasteiger partial charge in [-0.25, -0.2) is 9.97 Å². The van der Waals surface area contributed by atoms with E-state index in [1.165, 1.54) is 12.4 Å². The lowest BCUT2D eigenvalue weighted by atomic mass is 9.80. The summed E-state index contributed by atoms with van der Waals surface area (Å²) in [6, 6.07) is 0. The minimum absolute atomic E-state index is 0.0000909. The van der Waals surface area contributed by atoms with Gasteiger partial charge in [0.1, 0.15) is 0 Å². The van der Waals surface area contributed by atoms with Gasteiger partial charge in [0.15, 0.2) is 11.5 Å². The molecule has 0 spiro atoms. The van der Waals surface area contributed by atoms with Crippen LogP contribution >= 0.6 is 0 Å². The number of anilines is 1. The summed E-state index contributed by atoms with van der Waals surface area (Å²) >= 11 is 0. The molecule has 1 amide bonds. The van der Waals surface area contributed by atoms with Gasteiger partial charge in [0.05, 0.1) is 5.41 Å². The fraction of sp³-hybridized carbons (Fsp3) is 0.500. The number of hydrogen-bond acceptors (Lipinski definition) is 6. The highest BCUT2D eigenvalue weighted by atomic mass is 16.5. The molecule has 1 aromatic heterocycles. The number of carbonyl (C=O) groups is 2. The van der Waals surface area contributed by atoms with E-state index in [1.807, 2.05) is 0 Å². The van der Waals surface area contributed by atoms with Crippen LogP contribution in [0.1, 0.15) is 23.3 Å². The Morgan fingerprint density at radius 3 is 2.60 bits per heavy atom. The molecule has 2 rings (SSSR count). The molecule has 1 saturated heterocycles. The summed E-state index contributed by atoms with van der Waals surface area (Å²) < 4.78 is 5.20. The third-order valence-electron chi connectivity index (χ3n) is 3.43. The first-order valence-electron chi connectivity index (χ1n) is 6.21. The van der Waals surface area contributed by atoms with Gasteiger partial charge in [0, 0.05) is 32.2 Å². The molecule has 0 bridgehead atoms. The van der Waals surface area contributed by atoms with Crippen molar-refractivity contribution >= 4 is 17.7 Å². The van der Waals surface area contributed by atoms with Gasteiger partial charge in [-0.3, -0.25) is 9.59 Å². The Kier molecular flexibility index (Phi) is 4.14. The number of aliphatic carboxylic acids is 1. The number of nitrogens with one attached hydrogen (secondary N) is 1. The molecule has 0 unspecified atom stereocenters. The van der Waals surface area contributed by atoms with Crippen molar-refractivity contribution in [3.8, 4) is 0 Å². The molecule has 8 nitrogen and oxygen atoms in total. The minimum Gasteiger partial charge on any atom is -0.481 e. The molecule has 0 atom stereocenters. The second-order valence-corrected chi connectivity index (χ2v) is 4.67. The van der Waals surface area contributed by atoms with E-state index in [1.54, 1.807) is 0 Å². The summed E-state index contributed by atoms with van der Waals surface area (Å²) in [4.78, 5) is 30.5. The molecule has 1 aliphatic rings. The Bertz CT molecular complexity index is 514. The first kappa shape index (κ1) is 14.2. The van der Waals surface area contributed by atoms with Crippen molar-refractivity contribution in [2.75, 3.05) is 25.1 Å². The number of amides is 1. The van der Waals surface area contributed by atoms with E-state index < -0.39 is 17.3 Å². The molecule has 2 heterocycles. The minimum atomic E-state index is -0.926. The molecule has 4 N–H and O–H groups in total. The number of hydrogen-bond donors (Lipinski definition) is 3. The summed E-state index contributed by atoms with van der Waals surface area (Å²) in [6.07, 6.45) is 3.57. The van der Waals surface area contributed by atoms with E-state index in [9.17, 15) is 14.7 Å². The van der Waals surface area contributed by atoms with Gasteiger partial charge in [-0.1, -0.05) is 0 Å². The molecule has 20 heavy (non-hydrogen) atoms. The lowest BCUT2D eigenvalue weighted by Gasteiger charge is -2.33. The summed E-state index contributed by atoms with van der Waals surface area (Å²) in [5, 5.41) is 12.3. The lowest BCUT2D eigenvalue weighted by Crippen LogP contribution is -2.43. The maximum Gasteiger partial charge on any atom is 0.311 e. The van der Waals surface area contributed by atoms with Crippen LogP contribution < -0.4 is 11.1 Å². The Labute approximate surface area is 115 Å². The Morgan fingerprint density at radius 1 is 1.35 bits per heavy atom. The molecular formula is C12H16N4O4. The van der Waals surface area contributed by atoms with Gasteiger partial charge in [0.2, 0.25) is 0 Å². The van der Waals surface area contributed by atoms with E-state index >= 15 is 0 Å². The number of nitrogens with two attached hydrogens (primary N) is 1. The second kappa shape index (κ2) is 5.83. The molecular weight excluding hydrogens is 264 g/mol. The zero-order valence-electron chi connectivity index (χ0n) is 10.8. The third kappa shape index (κ3) is 2.85. The molecule has 108 valence electrons. The number of rotatable bonds is 5. The van der Waals surface area contributed by atoms with Crippen molar-refractivity contribution in [1.29, 1.82) is 0 Å². The van der Waals surface area contributed by atoms with Gasteiger partial charge in [-0.05, 0) is 12.8 Å². The highest BCUT2D eigenvalue weighted by molar-refractivity contribution is 5.95. The highest BCUT2D eigenvalue weighted by Crippen LogP contribution is 2.31. The summed E-state index contributed by atoms with van der Waals surface area (Å²) in [5.41, 5.74) is 4.27. The molecule has 0 aromatic carbocycles. The van der Waals surface area contributed by atoms with Crippen molar-refractivity contribution in [1.82, 2.24) is 9.97 Å². The number of carboxylic acids is 1. The van der Waals surface area contributed by atoms with Crippen molar-refractivity contribution in [3.05, 3.63) is 18.1 Å². The van der Waals surface area contributed by atoms with E-state index in [0.29, 0.717) is 26.1 Å². The van der Waals surface area contributed by atoms with E-state index in [2.05, 4.69) is 15.3 Å². The van der Waals surface area contributed by atoms with E-state index in [4.69, 9.17) is 10.5 Å². The first-order valence-corrected chi connectivity index (χ1v) is 6.21. The maximum absolute atomic E-state index is 11.5. The van der Waals surface area contributed by atoms with Crippen LogP contribution in [-0.4, -0.2) is 46.7 Å². The third-order valence-corrected chi connectivity index (χ3v) is 3.43. The first-order chi connectivity index (χ1) is 9.55. The largest absolute Gasteiger partial charge is 0.481 e. The van der Waals surface area contributed by atoms with Crippen molar-refractivity contribution in [3.63, 3.8) is 0 Å². The molecule has 8 heteroatoms. The van der Waals surface area contributed by atoms with Crippen LogP contribution in [0.3, 0.4) is 0 Å². The molecule has 1 aromatic rings. The average molecular weight is 280 g/mol. The topological polar surface area (TPSA) is 127 Å². The van der Waals surface area contributed by atoms with Crippen LogP contribution in [0.4, 0.5) is 5.82 Å². The summed E-state index contributed by atoms with van der Waals surface area (Å²) in [7, 11) is 0. The Morgan fingerprint density at radius 2 is 2.00 bits per heavy atom. The number of carboxylic acid groups (broad SMARTS) is 1. The monoisotopic (exact) mass is 280 g/mol. The maximum atomic E-state index is 11.5. The van der Waals surface area contributed by atoms with Crippen molar-refractivity contribution in [2.24, 2.45) is 11.1 Å². The van der Waals surface area contributed by atoms with Crippen LogP contribution in [0, 0.1) is 5.41 Å². The van der Waals surface area contributed by atoms with Crippen molar-refractivity contribution < 1.29 is 19.4 Å². The smallest absolute Gasteiger partial charge is 0.311 e. The molecule has 0 radical (unpaired) electrons. The zero-order valence-corrected chi connectivity index (χ0v) is 10.8. The van der Waals surface area contributed by atoms with E-state index in [-0.39, 0.29) is 18.1 Å². The average Bonchev–Trinajstić information content (AvgIpc) is 2.46. The highest BCUT2D eigenvalue weighted by Gasteiger charge is 2.40. The fourth-order valence-corrected chi connectivity index (χ4v) is 2.13. The molecule has 1 aliphatic heterocycles. The number of ether oxygens (including phenoxy) is 1. The predicted molar refractivity (Wildman–Crippen MR) is 69.2 cm³/mol. The zero-order chi connectivity index (χ0) is 14.6. The summed E-state index contributed by atoms with van der Waals surface area (Å²) in [5.74, 6) is -1.40. The Balaban J connectivity index is 2.14. The molecule has 1 fully saturated rings. The van der Waals surface area contributed by atoms with Crippen LogP contribution in [0.5, 0.6) is 0 Å². The van der Waals surface area contributed by atoms with Gasteiger partial charge in [-0.2, -0.15) is 0 Å².